The van der Waals surface area contributed by atoms with Gasteiger partial charge in [-0.25, -0.2) is 0 Å². The first-order valence-corrected chi connectivity index (χ1v) is 6.80. The molecule has 0 radical (unpaired) electrons. The van der Waals surface area contributed by atoms with Crippen molar-refractivity contribution in [2.24, 2.45) is 4.99 Å². The highest BCUT2D eigenvalue weighted by Crippen LogP contribution is 1.98. The molecule has 0 fully saturated rings. The monoisotopic (exact) mass is 394 g/mol. The van der Waals surface area contributed by atoms with Crippen molar-refractivity contribution in [3.8, 4) is 0 Å². The predicted octanol–water partition coefficient (Wildman–Crippen LogP) is 2.29. The van der Waals surface area contributed by atoms with Crippen molar-refractivity contribution in [3.05, 3.63) is 24.2 Å². The van der Waals surface area contributed by atoms with Crippen molar-refractivity contribution in [1.82, 2.24) is 15.5 Å². The van der Waals surface area contributed by atoms with E-state index in [1.165, 1.54) is 0 Å². The van der Waals surface area contributed by atoms with E-state index in [1.54, 1.807) is 13.3 Å². The molecule has 0 aromatic carbocycles. The number of nitrogens with zero attached hydrogens (tertiary/aromatic N) is 2. The number of hydrogen-bond donors (Lipinski definition) is 2. The van der Waals surface area contributed by atoms with Crippen LogP contribution in [-0.2, 0) is 6.54 Å². The zero-order valence-corrected chi connectivity index (χ0v) is 15.2. The fraction of sp³-hybridized carbons (Fsp3) is 0.643. The van der Waals surface area contributed by atoms with Gasteiger partial charge < -0.3 is 20.0 Å². The maximum absolute atomic E-state index is 5.26. The van der Waals surface area contributed by atoms with Gasteiger partial charge in [-0.1, -0.05) is 0 Å². The summed E-state index contributed by atoms with van der Waals surface area (Å²) in [4.78, 5) is 6.51. The zero-order chi connectivity index (χ0) is 14.1. The Kier molecular flexibility index (Phi) is 10.5. The van der Waals surface area contributed by atoms with E-state index in [-0.39, 0.29) is 24.0 Å². The molecule has 116 valence electrons. The molecule has 0 bridgehead atoms. The van der Waals surface area contributed by atoms with Crippen molar-refractivity contribution in [3.63, 3.8) is 0 Å². The standard InChI is InChI=1S/C14H26N4O.HI/c1-12(2)18(4)9-6-8-16-14(15-3)17-11-13-7-5-10-19-13;/h5,7,10,12H,6,8-9,11H2,1-4H3,(H2,15,16,17);1H. The lowest BCUT2D eigenvalue weighted by Crippen LogP contribution is -2.38. The van der Waals surface area contributed by atoms with Crippen LogP contribution in [0.3, 0.4) is 0 Å². The summed E-state index contributed by atoms with van der Waals surface area (Å²) in [5, 5.41) is 6.51. The maximum atomic E-state index is 5.26. The van der Waals surface area contributed by atoms with Crippen molar-refractivity contribution < 1.29 is 4.42 Å². The van der Waals surface area contributed by atoms with Gasteiger partial charge in [0.1, 0.15) is 5.76 Å². The first-order valence-electron chi connectivity index (χ1n) is 6.80. The van der Waals surface area contributed by atoms with Gasteiger partial charge in [0.25, 0.3) is 0 Å². The summed E-state index contributed by atoms with van der Waals surface area (Å²) in [5.41, 5.74) is 0. The molecule has 1 aromatic heterocycles. The second-order valence-electron chi connectivity index (χ2n) is 4.86. The van der Waals surface area contributed by atoms with Crippen molar-refractivity contribution in [2.75, 3.05) is 27.2 Å². The maximum Gasteiger partial charge on any atom is 0.191 e. The Balaban J connectivity index is 0.00000361. The lowest BCUT2D eigenvalue weighted by Gasteiger charge is -2.21. The highest BCUT2D eigenvalue weighted by atomic mass is 127. The predicted molar refractivity (Wildman–Crippen MR) is 94.7 cm³/mol. The lowest BCUT2D eigenvalue weighted by molar-refractivity contribution is 0.271. The average molecular weight is 394 g/mol. The first kappa shape index (κ1) is 19.2. The summed E-state index contributed by atoms with van der Waals surface area (Å²) in [6.07, 6.45) is 2.77. The molecule has 0 amide bonds. The Morgan fingerprint density at radius 1 is 1.40 bits per heavy atom. The topological polar surface area (TPSA) is 52.8 Å². The fourth-order valence-electron chi connectivity index (χ4n) is 1.60. The van der Waals surface area contributed by atoms with E-state index in [4.69, 9.17) is 4.42 Å². The third kappa shape index (κ3) is 7.74. The van der Waals surface area contributed by atoms with Crippen LogP contribution in [-0.4, -0.2) is 44.1 Å². The van der Waals surface area contributed by atoms with Crippen LogP contribution in [0.4, 0.5) is 0 Å². The Morgan fingerprint density at radius 2 is 2.15 bits per heavy atom. The third-order valence-corrected chi connectivity index (χ3v) is 3.10. The molecule has 0 aliphatic carbocycles. The molecular formula is C14H27IN4O. The minimum absolute atomic E-state index is 0. The van der Waals surface area contributed by atoms with Gasteiger partial charge in [0.05, 0.1) is 12.8 Å². The van der Waals surface area contributed by atoms with Gasteiger partial charge in [-0.3, -0.25) is 4.99 Å². The molecule has 1 aromatic rings. The summed E-state index contributed by atoms with van der Waals surface area (Å²) in [7, 11) is 3.92. The average Bonchev–Trinajstić information content (AvgIpc) is 2.90. The molecule has 0 saturated heterocycles. The van der Waals surface area contributed by atoms with E-state index in [0.29, 0.717) is 12.6 Å². The second kappa shape index (κ2) is 11.0. The highest BCUT2D eigenvalue weighted by Gasteiger charge is 2.03. The molecule has 1 heterocycles. The molecule has 20 heavy (non-hydrogen) atoms. The normalized spacial score (nSPS) is 11.6. The lowest BCUT2D eigenvalue weighted by atomic mass is 10.3. The molecule has 5 nitrogen and oxygen atoms in total. The van der Waals surface area contributed by atoms with E-state index in [0.717, 1.165) is 31.2 Å². The number of hydrogen-bond acceptors (Lipinski definition) is 3. The minimum Gasteiger partial charge on any atom is -0.467 e. The van der Waals surface area contributed by atoms with E-state index >= 15 is 0 Å². The van der Waals surface area contributed by atoms with E-state index < -0.39 is 0 Å². The van der Waals surface area contributed by atoms with Gasteiger partial charge in [0.15, 0.2) is 5.96 Å². The number of furan rings is 1. The largest absolute Gasteiger partial charge is 0.467 e. The van der Waals surface area contributed by atoms with Gasteiger partial charge in [-0.05, 0) is 46.0 Å². The molecule has 0 aliphatic heterocycles. The van der Waals surface area contributed by atoms with Crippen LogP contribution in [0.2, 0.25) is 0 Å². The molecule has 0 atom stereocenters. The van der Waals surface area contributed by atoms with Gasteiger partial charge in [-0.2, -0.15) is 0 Å². The Morgan fingerprint density at radius 3 is 2.70 bits per heavy atom. The van der Waals surface area contributed by atoms with Crippen molar-refractivity contribution in [1.29, 1.82) is 0 Å². The van der Waals surface area contributed by atoms with E-state index in [1.807, 2.05) is 12.1 Å². The van der Waals surface area contributed by atoms with Gasteiger partial charge in [-0.15, -0.1) is 24.0 Å². The van der Waals surface area contributed by atoms with E-state index in [9.17, 15) is 0 Å². The van der Waals surface area contributed by atoms with Gasteiger partial charge in [0, 0.05) is 19.6 Å². The van der Waals surface area contributed by atoms with Crippen LogP contribution in [0.25, 0.3) is 0 Å². The SMILES string of the molecule is CN=C(NCCCN(C)C(C)C)NCc1ccco1.I. The Labute approximate surface area is 139 Å². The summed E-state index contributed by atoms with van der Waals surface area (Å²) in [5.74, 6) is 1.71. The molecular weight excluding hydrogens is 367 g/mol. The Hall–Kier alpha value is -0.760. The third-order valence-electron chi connectivity index (χ3n) is 3.10. The smallest absolute Gasteiger partial charge is 0.191 e. The summed E-state index contributed by atoms with van der Waals surface area (Å²) >= 11 is 0. The second-order valence-corrected chi connectivity index (χ2v) is 4.86. The zero-order valence-electron chi connectivity index (χ0n) is 12.8. The minimum atomic E-state index is 0. The number of guanidine groups is 1. The van der Waals surface area contributed by atoms with Crippen LogP contribution >= 0.6 is 24.0 Å². The van der Waals surface area contributed by atoms with Gasteiger partial charge in [0.2, 0.25) is 0 Å². The molecule has 0 saturated carbocycles. The highest BCUT2D eigenvalue weighted by molar-refractivity contribution is 14.0. The van der Waals surface area contributed by atoms with Crippen LogP contribution in [0.15, 0.2) is 27.8 Å². The molecule has 0 spiro atoms. The van der Waals surface area contributed by atoms with Crippen molar-refractivity contribution >= 4 is 29.9 Å². The molecule has 0 aliphatic rings. The number of rotatable bonds is 7. The van der Waals surface area contributed by atoms with Crippen LogP contribution in [0.1, 0.15) is 26.0 Å². The number of aliphatic imine (C=N–C) groups is 1. The number of nitrogens with one attached hydrogen (secondary N) is 2. The molecule has 1 rings (SSSR count). The summed E-state index contributed by atoms with van der Waals surface area (Å²) in [6, 6.07) is 4.42. The summed E-state index contributed by atoms with van der Waals surface area (Å²) in [6.45, 7) is 7.06. The Bertz CT molecular complexity index is 365. The van der Waals surface area contributed by atoms with Crippen molar-refractivity contribution in [2.45, 2.75) is 32.9 Å². The number of halogens is 1. The van der Waals surface area contributed by atoms with Crippen LogP contribution < -0.4 is 10.6 Å². The molecule has 2 N–H and O–H groups in total. The van der Waals surface area contributed by atoms with E-state index in [2.05, 4.69) is 41.4 Å². The quantitative estimate of drug-likeness (QED) is 0.323. The molecule has 0 unspecified atom stereocenters. The molecule has 6 heteroatoms. The fourth-order valence-corrected chi connectivity index (χ4v) is 1.60. The first-order chi connectivity index (χ1) is 9.13. The van der Waals surface area contributed by atoms with Gasteiger partial charge >= 0.3 is 0 Å². The summed E-state index contributed by atoms with van der Waals surface area (Å²) < 4.78 is 5.26. The van der Waals surface area contributed by atoms with Crippen LogP contribution in [0, 0.1) is 0 Å². The van der Waals surface area contributed by atoms with Crippen LogP contribution in [0.5, 0.6) is 0 Å².